The number of methoxy groups -OCH3 is 2. The van der Waals surface area contributed by atoms with Crippen LogP contribution in [0.5, 0.6) is 28.7 Å². The second-order valence-electron chi connectivity index (χ2n) is 11.1. The predicted octanol–water partition coefficient (Wildman–Crippen LogP) is 2.71. The highest BCUT2D eigenvalue weighted by molar-refractivity contribution is 5.74. The van der Waals surface area contributed by atoms with E-state index < -0.39 is 18.1 Å². The lowest BCUT2D eigenvalue weighted by Crippen LogP contribution is -2.68. The summed E-state index contributed by atoms with van der Waals surface area (Å²) < 4.78 is 34.9. The molecule has 4 aliphatic heterocycles. The lowest BCUT2D eigenvalue weighted by atomic mass is 9.71. The van der Waals surface area contributed by atoms with E-state index in [4.69, 9.17) is 28.4 Å². The summed E-state index contributed by atoms with van der Waals surface area (Å²) in [5.74, 6) is 2.25. The lowest BCUT2D eigenvalue weighted by Gasteiger charge is -2.59. The molecule has 4 heterocycles. The molecule has 41 heavy (non-hydrogen) atoms. The number of piperazine rings is 1. The van der Waals surface area contributed by atoms with Crippen molar-refractivity contribution in [3.05, 3.63) is 39.4 Å². The van der Waals surface area contributed by atoms with Crippen LogP contribution in [0.3, 0.4) is 0 Å². The number of nitrogens with zero attached hydrogens (tertiary/aromatic N) is 3. The van der Waals surface area contributed by atoms with Crippen LogP contribution < -0.4 is 23.7 Å². The Hall–Kier alpha value is -3.56. The van der Waals surface area contributed by atoms with Crippen LogP contribution >= 0.6 is 0 Å². The van der Waals surface area contributed by atoms with Gasteiger partial charge in [-0.15, -0.1) is 0 Å². The molecule has 2 aromatic carbocycles. The van der Waals surface area contributed by atoms with Gasteiger partial charge in [-0.25, -0.2) is 0 Å². The van der Waals surface area contributed by atoms with Gasteiger partial charge >= 0.3 is 5.97 Å². The number of carbonyl (C=O) groups is 1. The maximum atomic E-state index is 12.3. The second-order valence-corrected chi connectivity index (χ2v) is 11.1. The van der Waals surface area contributed by atoms with E-state index >= 15 is 0 Å². The van der Waals surface area contributed by atoms with Crippen molar-refractivity contribution in [2.24, 2.45) is 0 Å². The first-order valence-corrected chi connectivity index (χ1v) is 13.7. The summed E-state index contributed by atoms with van der Waals surface area (Å²) in [6, 6.07) is 2.92. The maximum Gasteiger partial charge on any atom is 0.308 e. The fourth-order valence-electron chi connectivity index (χ4n) is 7.53. The highest BCUT2D eigenvalue weighted by Gasteiger charge is 2.56. The first kappa shape index (κ1) is 27.6. The molecule has 11 heteroatoms. The topological polar surface area (TPSA) is 123 Å². The molecule has 218 valence electrons. The molecule has 1 saturated heterocycles. The van der Waals surface area contributed by atoms with Gasteiger partial charge in [0.05, 0.1) is 31.9 Å². The number of hydrogen-bond donors (Lipinski definition) is 1. The van der Waals surface area contributed by atoms with Crippen molar-refractivity contribution < 1.29 is 38.3 Å². The normalized spacial score (nSPS) is 26.0. The van der Waals surface area contributed by atoms with Gasteiger partial charge in [0.1, 0.15) is 11.8 Å². The number of nitriles is 1. The molecule has 2 bridgehead atoms. The van der Waals surface area contributed by atoms with Crippen molar-refractivity contribution >= 4 is 5.97 Å². The van der Waals surface area contributed by atoms with Crippen LogP contribution in [0.1, 0.15) is 52.4 Å². The van der Waals surface area contributed by atoms with Crippen LogP contribution in [0.2, 0.25) is 0 Å². The van der Waals surface area contributed by atoms with Gasteiger partial charge in [0.25, 0.3) is 0 Å². The van der Waals surface area contributed by atoms with Crippen molar-refractivity contribution in [2.45, 2.75) is 63.8 Å². The molecule has 5 atom stereocenters. The van der Waals surface area contributed by atoms with Crippen molar-refractivity contribution in [2.75, 3.05) is 41.5 Å². The molecule has 0 aromatic heterocycles. The predicted molar refractivity (Wildman–Crippen MR) is 145 cm³/mol. The SMILES string of the molecule is COCOc1c(OC)c(C)cc2c1[C@@H]1[C@@H]3Cc4c(OC(C)=O)c(C)c5c(c4[C@H](CO)N3[C@@H](C#N)[C@H](C2)N1C)OCO5. The molecular formula is C30H35N3O8. The van der Waals surface area contributed by atoms with E-state index in [1.54, 1.807) is 14.2 Å². The third kappa shape index (κ3) is 3.96. The number of likely N-dealkylation sites (N-methyl/N-ethyl adjacent to an activating group) is 1. The van der Waals surface area contributed by atoms with Gasteiger partial charge < -0.3 is 33.5 Å². The molecule has 11 nitrogen and oxygen atoms in total. The summed E-state index contributed by atoms with van der Waals surface area (Å²) in [6.07, 6.45) is 1.05. The summed E-state index contributed by atoms with van der Waals surface area (Å²) in [6.45, 7) is 4.99. The Balaban J connectivity index is 1.61. The minimum atomic E-state index is -0.588. The number of aliphatic hydroxyl groups excluding tert-OH is 1. The number of aliphatic hydroxyl groups is 1. The first-order valence-electron chi connectivity index (χ1n) is 13.7. The molecule has 1 N–H and O–H groups in total. The molecule has 1 fully saturated rings. The summed E-state index contributed by atoms with van der Waals surface area (Å²) in [7, 11) is 5.23. The summed E-state index contributed by atoms with van der Waals surface area (Å²) >= 11 is 0. The van der Waals surface area contributed by atoms with E-state index in [1.165, 1.54) is 6.92 Å². The van der Waals surface area contributed by atoms with E-state index in [-0.39, 0.29) is 38.3 Å². The highest BCUT2D eigenvalue weighted by atomic mass is 16.7. The van der Waals surface area contributed by atoms with Crippen LogP contribution in [0.4, 0.5) is 0 Å². The lowest BCUT2D eigenvalue weighted by molar-refractivity contribution is -0.132. The van der Waals surface area contributed by atoms with Gasteiger partial charge in [0.2, 0.25) is 6.79 Å². The Morgan fingerprint density at radius 3 is 2.54 bits per heavy atom. The average Bonchev–Trinajstić information content (AvgIpc) is 3.43. The number of fused-ring (bicyclic) bond motifs is 9. The molecule has 2 aromatic rings. The number of esters is 1. The van der Waals surface area contributed by atoms with Gasteiger partial charge in [-0.05, 0) is 44.9 Å². The largest absolute Gasteiger partial charge is 0.493 e. The molecule has 0 saturated carbocycles. The average molecular weight is 566 g/mol. The van der Waals surface area contributed by atoms with Crippen LogP contribution in [0.15, 0.2) is 6.07 Å². The fraction of sp³-hybridized carbons (Fsp3) is 0.533. The quantitative estimate of drug-likeness (QED) is 0.316. The smallest absolute Gasteiger partial charge is 0.308 e. The monoisotopic (exact) mass is 565 g/mol. The van der Waals surface area contributed by atoms with Gasteiger partial charge in [-0.3, -0.25) is 14.6 Å². The van der Waals surface area contributed by atoms with E-state index in [0.29, 0.717) is 52.7 Å². The zero-order chi connectivity index (χ0) is 29.2. The second kappa shape index (κ2) is 10.4. The molecule has 0 radical (unpaired) electrons. The first-order chi connectivity index (χ1) is 19.8. The molecule has 0 spiro atoms. The third-order valence-electron chi connectivity index (χ3n) is 8.99. The summed E-state index contributed by atoms with van der Waals surface area (Å²) in [5, 5.41) is 21.5. The zero-order valence-corrected chi connectivity index (χ0v) is 24.1. The van der Waals surface area contributed by atoms with Crippen molar-refractivity contribution in [1.82, 2.24) is 9.80 Å². The van der Waals surface area contributed by atoms with Gasteiger partial charge in [-0.1, -0.05) is 6.07 Å². The van der Waals surface area contributed by atoms with Crippen LogP contribution in [-0.2, 0) is 22.4 Å². The van der Waals surface area contributed by atoms with Crippen LogP contribution in [-0.4, -0.2) is 80.5 Å². The maximum absolute atomic E-state index is 12.3. The standard InChI is InChI=1S/C30H35N3O8/c1-14-7-17-8-19-21(10-31)33-20(25(32(19)4)23(17)29(26(14)37-6)38-12-36-5)9-18-24(22(33)11-34)30-28(39-13-40-30)15(2)27(18)41-16(3)35/h7,19-22,25,34H,8-9,11-13H2,1-6H3/t19-,20-,21-,22-,25-/m0/s1. The van der Waals surface area contributed by atoms with Crippen molar-refractivity contribution in [3.8, 4) is 34.8 Å². The third-order valence-corrected chi connectivity index (χ3v) is 8.99. The van der Waals surface area contributed by atoms with Crippen molar-refractivity contribution in [1.29, 1.82) is 5.26 Å². The molecule has 0 amide bonds. The van der Waals surface area contributed by atoms with E-state index in [2.05, 4.69) is 21.9 Å². The Morgan fingerprint density at radius 2 is 1.88 bits per heavy atom. The minimum absolute atomic E-state index is 0.0239. The summed E-state index contributed by atoms with van der Waals surface area (Å²) in [5.41, 5.74) is 5.15. The van der Waals surface area contributed by atoms with E-state index in [9.17, 15) is 15.2 Å². The number of hydrogen-bond acceptors (Lipinski definition) is 11. The van der Waals surface area contributed by atoms with Crippen LogP contribution in [0.25, 0.3) is 0 Å². The number of carbonyl (C=O) groups excluding carboxylic acids is 1. The number of aryl methyl sites for hydroxylation is 1. The molecule has 6 rings (SSSR count). The minimum Gasteiger partial charge on any atom is -0.493 e. The number of ether oxygens (including phenoxy) is 6. The molecular weight excluding hydrogens is 530 g/mol. The van der Waals surface area contributed by atoms with E-state index in [1.807, 2.05) is 20.9 Å². The zero-order valence-electron chi connectivity index (χ0n) is 24.1. The Labute approximate surface area is 239 Å². The number of benzene rings is 2. The molecule has 0 aliphatic carbocycles. The Morgan fingerprint density at radius 1 is 1.12 bits per heavy atom. The summed E-state index contributed by atoms with van der Waals surface area (Å²) in [4.78, 5) is 16.6. The molecule has 0 unspecified atom stereocenters. The molecule has 4 aliphatic rings. The Bertz CT molecular complexity index is 1450. The van der Waals surface area contributed by atoms with Crippen molar-refractivity contribution in [3.63, 3.8) is 0 Å². The van der Waals surface area contributed by atoms with Crippen LogP contribution in [0, 0.1) is 25.2 Å². The van der Waals surface area contributed by atoms with Gasteiger partial charge in [0.15, 0.2) is 29.8 Å². The fourth-order valence-corrected chi connectivity index (χ4v) is 7.53. The highest BCUT2D eigenvalue weighted by Crippen LogP contribution is 2.58. The Kier molecular flexibility index (Phi) is 6.98. The number of rotatable bonds is 6. The van der Waals surface area contributed by atoms with E-state index in [0.717, 1.165) is 22.3 Å². The van der Waals surface area contributed by atoms with Gasteiger partial charge in [-0.2, -0.15) is 5.26 Å². The van der Waals surface area contributed by atoms with Gasteiger partial charge in [0, 0.05) is 48.4 Å².